The van der Waals surface area contributed by atoms with Gasteiger partial charge in [-0.25, -0.2) is 0 Å². The fraction of sp³-hybridized carbons (Fsp3) is 0.818. The van der Waals surface area contributed by atoms with Gasteiger partial charge in [0.25, 0.3) is 0 Å². The molecule has 0 aromatic carbocycles. The van der Waals surface area contributed by atoms with Crippen LogP contribution in [0.15, 0.2) is 0 Å². The number of methoxy groups -OCH3 is 1. The lowest BCUT2D eigenvalue weighted by Gasteiger charge is -2.29. The van der Waals surface area contributed by atoms with Gasteiger partial charge in [0.05, 0.1) is 25.0 Å². The van der Waals surface area contributed by atoms with Gasteiger partial charge in [-0.1, -0.05) is 0 Å². The molecule has 2 saturated carbocycles. The lowest BCUT2D eigenvalue weighted by Crippen LogP contribution is -2.20. The topological polar surface area (TPSA) is 50.1 Å². The summed E-state index contributed by atoms with van der Waals surface area (Å²) in [6, 6.07) is 2.34. The third-order valence-electron chi connectivity index (χ3n) is 3.83. The van der Waals surface area contributed by atoms with E-state index in [1.165, 1.54) is 20.0 Å². The summed E-state index contributed by atoms with van der Waals surface area (Å²) in [6.45, 7) is 0. The molecule has 0 spiro atoms. The second-order valence-corrected chi connectivity index (χ2v) is 4.65. The molecular weight excluding hydrogens is 178 g/mol. The van der Waals surface area contributed by atoms with Gasteiger partial charge in [-0.05, 0) is 37.5 Å². The van der Waals surface area contributed by atoms with Crippen molar-refractivity contribution >= 4 is 5.97 Å². The van der Waals surface area contributed by atoms with Crippen LogP contribution < -0.4 is 0 Å². The van der Waals surface area contributed by atoms with Crippen LogP contribution in [-0.2, 0) is 9.53 Å². The molecule has 0 N–H and O–H groups in total. The zero-order valence-corrected chi connectivity index (χ0v) is 8.45. The molecule has 0 radical (unpaired) electrons. The number of carbonyl (C=O) groups excluding carboxylic acids is 1. The van der Waals surface area contributed by atoms with Crippen LogP contribution in [0.2, 0.25) is 0 Å². The van der Waals surface area contributed by atoms with Crippen molar-refractivity contribution in [3.63, 3.8) is 0 Å². The van der Waals surface area contributed by atoms with Crippen molar-refractivity contribution in [3.8, 4) is 6.07 Å². The first-order valence-electron chi connectivity index (χ1n) is 5.17. The molecule has 3 nitrogen and oxygen atoms in total. The molecule has 0 aromatic heterocycles. The Labute approximate surface area is 84.0 Å². The number of ether oxygens (including phenoxy) is 1. The summed E-state index contributed by atoms with van der Waals surface area (Å²) >= 11 is 0. The largest absolute Gasteiger partial charge is 0.469 e. The van der Waals surface area contributed by atoms with Crippen LogP contribution in [0.25, 0.3) is 0 Å². The van der Waals surface area contributed by atoms with E-state index < -0.39 is 5.41 Å². The number of nitrogens with zero attached hydrogens (tertiary/aromatic N) is 1. The maximum Gasteiger partial charge on any atom is 0.307 e. The van der Waals surface area contributed by atoms with E-state index in [1.807, 2.05) is 0 Å². The summed E-state index contributed by atoms with van der Waals surface area (Å²) < 4.78 is 4.64. The predicted molar refractivity (Wildman–Crippen MR) is 50.1 cm³/mol. The van der Waals surface area contributed by atoms with Gasteiger partial charge in [0.15, 0.2) is 0 Å². The van der Waals surface area contributed by atoms with E-state index in [1.54, 1.807) is 0 Å². The minimum atomic E-state index is -0.404. The van der Waals surface area contributed by atoms with Crippen LogP contribution in [0.4, 0.5) is 0 Å². The van der Waals surface area contributed by atoms with Crippen LogP contribution in [0.1, 0.15) is 32.1 Å². The molecule has 0 amide bonds. The third-order valence-corrected chi connectivity index (χ3v) is 3.83. The Bertz CT molecular complexity index is 280. The molecule has 76 valence electrons. The van der Waals surface area contributed by atoms with Gasteiger partial charge in [-0.3, -0.25) is 4.79 Å². The third kappa shape index (κ3) is 1.39. The SMILES string of the molecule is COC(=O)C[C@]1(C#N)C[C@H]2CC[C@H]2C1. The van der Waals surface area contributed by atoms with E-state index in [9.17, 15) is 4.79 Å². The van der Waals surface area contributed by atoms with Gasteiger partial charge in [-0.2, -0.15) is 5.26 Å². The van der Waals surface area contributed by atoms with Gasteiger partial charge in [0.1, 0.15) is 0 Å². The molecule has 2 aliphatic rings. The predicted octanol–water partition coefficient (Wildman–Crippen LogP) is 1.88. The highest BCUT2D eigenvalue weighted by molar-refractivity contribution is 5.70. The molecule has 0 bridgehead atoms. The molecular formula is C11H15NO2. The Morgan fingerprint density at radius 3 is 2.43 bits per heavy atom. The number of nitriles is 1. The molecule has 3 heteroatoms. The Morgan fingerprint density at radius 2 is 2.07 bits per heavy atom. The zero-order chi connectivity index (χ0) is 10.2. The van der Waals surface area contributed by atoms with Crippen molar-refractivity contribution in [2.45, 2.75) is 32.1 Å². The lowest BCUT2D eigenvalue weighted by molar-refractivity contribution is -0.142. The molecule has 14 heavy (non-hydrogen) atoms. The molecule has 2 rings (SSSR count). The van der Waals surface area contributed by atoms with Crippen molar-refractivity contribution in [3.05, 3.63) is 0 Å². The highest BCUT2D eigenvalue weighted by atomic mass is 16.5. The van der Waals surface area contributed by atoms with Crippen molar-refractivity contribution in [1.82, 2.24) is 0 Å². The molecule has 0 aromatic rings. The minimum absolute atomic E-state index is 0.243. The zero-order valence-electron chi connectivity index (χ0n) is 8.45. The first kappa shape index (κ1) is 9.51. The molecule has 3 atom stereocenters. The minimum Gasteiger partial charge on any atom is -0.469 e. The quantitative estimate of drug-likeness (QED) is 0.629. The molecule has 2 fully saturated rings. The van der Waals surface area contributed by atoms with E-state index in [2.05, 4.69) is 10.8 Å². The van der Waals surface area contributed by atoms with Crippen LogP contribution in [0.5, 0.6) is 0 Å². The van der Waals surface area contributed by atoms with Crippen LogP contribution in [-0.4, -0.2) is 13.1 Å². The number of hydrogen-bond donors (Lipinski definition) is 0. The monoisotopic (exact) mass is 193 g/mol. The van der Waals surface area contributed by atoms with Gasteiger partial charge in [-0.15, -0.1) is 0 Å². The van der Waals surface area contributed by atoms with E-state index >= 15 is 0 Å². The van der Waals surface area contributed by atoms with Gasteiger partial charge >= 0.3 is 5.97 Å². The van der Waals surface area contributed by atoms with E-state index in [4.69, 9.17) is 5.26 Å². The summed E-state index contributed by atoms with van der Waals surface area (Å²) in [6.07, 6.45) is 4.59. The number of carbonyl (C=O) groups is 1. The number of esters is 1. The average molecular weight is 193 g/mol. The van der Waals surface area contributed by atoms with Gasteiger partial charge < -0.3 is 4.74 Å². The van der Waals surface area contributed by atoms with Gasteiger partial charge in [0.2, 0.25) is 0 Å². The maximum atomic E-state index is 11.2. The number of hydrogen-bond acceptors (Lipinski definition) is 3. The van der Waals surface area contributed by atoms with Crippen LogP contribution in [0.3, 0.4) is 0 Å². The van der Waals surface area contributed by atoms with Crippen LogP contribution >= 0.6 is 0 Å². The fourth-order valence-electron chi connectivity index (χ4n) is 2.89. The highest BCUT2D eigenvalue weighted by Gasteiger charge is 2.50. The second-order valence-electron chi connectivity index (χ2n) is 4.65. The lowest BCUT2D eigenvalue weighted by atomic mass is 9.77. The molecule has 0 unspecified atom stereocenters. The van der Waals surface area contributed by atoms with Crippen molar-refractivity contribution in [1.29, 1.82) is 5.26 Å². The molecule has 2 aliphatic carbocycles. The average Bonchev–Trinajstić information content (AvgIpc) is 2.42. The van der Waals surface area contributed by atoms with E-state index in [0.717, 1.165) is 12.8 Å². The number of rotatable bonds is 2. The molecule has 0 heterocycles. The van der Waals surface area contributed by atoms with Crippen molar-refractivity contribution < 1.29 is 9.53 Å². The van der Waals surface area contributed by atoms with Crippen molar-refractivity contribution in [2.24, 2.45) is 17.3 Å². The summed E-state index contributed by atoms with van der Waals surface area (Å²) in [5.41, 5.74) is -0.404. The Balaban J connectivity index is 2.04. The maximum absolute atomic E-state index is 11.2. The summed E-state index contributed by atoms with van der Waals surface area (Å²) in [5.74, 6) is 1.17. The Kier molecular flexibility index (Phi) is 2.22. The normalized spacial score (nSPS) is 39.4. The Morgan fingerprint density at radius 1 is 1.50 bits per heavy atom. The molecule has 0 saturated heterocycles. The second kappa shape index (κ2) is 3.27. The summed E-state index contributed by atoms with van der Waals surface area (Å²) in [7, 11) is 1.39. The van der Waals surface area contributed by atoms with Crippen molar-refractivity contribution in [2.75, 3.05) is 7.11 Å². The summed E-state index contributed by atoms with van der Waals surface area (Å²) in [4.78, 5) is 11.2. The molecule has 0 aliphatic heterocycles. The van der Waals surface area contributed by atoms with E-state index in [-0.39, 0.29) is 12.4 Å². The fourth-order valence-corrected chi connectivity index (χ4v) is 2.89. The van der Waals surface area contributed by atoms with E-state index in [0.29, 0.717) is 11.8 Å². The smallest absolute Gasteiger partial charge is 0.307 e. The summed E-state index contributed by atoms with van der Waals surface area (Å²) in [5, 5.41) is 9.17. The first-order chi connectivity index (χ1) is 6.69. The highest BCUT2D eigenvalue weighted by Crippen LogP contribution is 2.56. The van der Waals surface area contributed by atoms with Gasteiger partial charge in [0, 0.05) is 0 Å². The Hall–Kier alpha value is -1.04. The first-order valence-corrected chi connectivity index (χ1v) is 5.17. The van der Waals surface area contributed by atoms with Crippen LogP contribution in [0, 0.1) is 28.6 Å². The number of fused-ring (bicyclic) bond motifs is 1. The standard InChI is InChI=1S/C11H15NO2/c1-14-10(13)6-11(7-12)4-8-2-3-9(8)5-11/h8-9H,2-6H2,1H3/t8-,9+,11+.